The van der Waals surface area contributed by atoms with Crippen LogP contribution in [0.4, 0.5) is 19.3 Å². The number of aromatic nitrogens is 2. The molecule has 0 radical (unpaired) electrons. The van der Waals surface area contributed by atoms with Gasteiger partial charge in [0.15, 0.2) is 5.82 Å². The highest BCUT2D eigenvalue weighted by Crippen LogP contribution is 2.34. The van der Waals surface area contributed by atoms with Crippen molar-refractivity contribution < 1.29 is 36.3 Å². The Morgan fingerprint density at radius 2 is 1.56 bits per heavy atom. The van der Waals surface area contributed by atoms with Crippen LogP contribution in [0.5, 0.6) is 0 Å². The molecule has 17 heteroatoms. The molecule has 7 rings (SSSR count). The third kappa shape index (κ3) is 9.29. The van der Waals surface area contributed by atoms with Crippen molar-refractivity contribution in [3.8, 4) is 11.1 Å². The molecule has 0 spiro atoms. The number of hydrogen-bond donors (Lipinski definition) is 2. The lowest BCUT2D eigenvalue weighted by molar-refractivity contribution is 0.0477. The van der Waals surface area contributed by atoms with E-state index in [2.05, 4.69) is 19.9 Å². The minimum atomic E-state index is -4.19. The molecule has 59 heavy (non-hydrogen) atoms. The van der Waals surface area contributed by atoms with Crippen LogP contribution >= 0.6 is 23.2 Å². The summed E-state index contributed by atoms with van der Waals surface area (Å²) in [5.41, 5.74) is -0.260. The predicted octanol–water partition coefficient (Wildman–Crippen LogP) is 8.45. The molecule has 310 valence electrons. The summed E-state index contributed by atoms with van der Waals surface area (Å²) in [5.74, 6) is -4.54. The van der Waals surface area contributed by atoms with E-state index in [-0.39, 0.29) is 51.3 Å². The van der Waals surface area contributed by atoms with Crippen molar-refractivity contribution in [1.29, 1.82) is 0 Å². The van der Waals surface area contributed by atoms with E-state index in [4.69, 9.17) is 27.9 Å². The monoisotopic (exact) mass is 866 g/mol. The Labute approximate surface area is 350 Å². The summed E-state index contributed by atoms with van der Waals surface area (Å²) in [6, 6.07) is 15.5. The second-order valence-electron chi connectivity index (χ2n) is 15.6. The SMILES string of the molecule is CC(C)(C)OC(=O)NC1CCN(Cc2ccc(-c3cnc4c(c3)c(C(=O)c3c(F)ccc(NS(=O)(=O)N5CCCC5)c3F)cn4C(=O)c3c(Cl)cccc3Cl)cc2)CC1. The third-order valence-corrected chi connectivity index (χ3v) is 12.4. The standard InChI is InChI=1S/C42H42Cl2F2N6O6S/c1-42(2,3)58-41(55)48-28-15-19-50(20-16-28)23-25-9-11-26(12-10-25)27-21-29-30(24-52(39(29)47-22-27)40(54)35-31(43)7-6-8-32(35)44)38(53)36-33(45)13-14-34(37(36)46)49-59(56,57)51-17-4-5-18-51/h6-14,21-22,24,28,49H,4-5,15-20,23H2,1-3H3,(H,48,55). The molecule has 2 N–H and O–H groups in total. The molecular weight excluding hydrogens is 825 g/mol. The molecule has 0 unspecified atom stereocenters. The Morgan fingerprint density at radius 1 is 0.898 bits per heavy atom. The molecule has 2 fully saturated rings. The highest BCUT2D eigenvalue weighted by Gasteiger charge is 2.31. The van der Waals surface area contributed by atoms with Crippen molar-refractivity contribution in [1.82, 2.24) is 24.1 Å². The Morgan fingerprint density at radius 3 is 2.20 bits per heavy atom. The number of nitrogens with zero attached hydrogens (tertiary/aromatic N) is 4. The molecule has 2 aliphatic rings. The normalized spacial score (nSPS) is 15.7. The van der Waals surface area contributed by atoms with Crippen molar-refractivity contribution >= 4 is 67.9 Å². The van der Waals surface area contributed by atoms with Gasteiger partial charge in [-0.25, -0.2) is 18.6 Å². The molecule has 3 aromatic carbocycles. The zero-order valence-electron chi connectivity index (χ0n) is 32.5. The van der Waals surface area contributed by atoms with Crippen molar-refractivity contribution in [2.24, 2.45) is 0 Å². The maximum atomic E-state index is 16.1. The van der Waals surface area contributed by atoms with Gasteiger partial charge in [-0.3, -0.25) is 23.8 Å². The topological polar surface area (TPSA) is 143 Å². The van der Waals surface area contributed by atoms with E-state index < -0.39 is 56.5 Å². The molecule has 0 aliphatic carbocycles. The number of fused-ring (bicyclic) bond motifs is 1. The van der Waals surface area contributed by atoms with Gasteiger partial charge in [0.2, 0.25) is 5.78 Å². The molecule has 1 amide bonds. The number of ether oxygens (including phenoxy) is 1. The maximum Gasteiger partial charge on any atom is 0.407 e. The van der Waals surface area contributed by atoms with Crippen LogP contribution in [-0.2, 0) is 21.5 Å². The number of piperidine rings is 1. The number of nitrogens with one attached hydrogen (secondary N) is 2. The van der Waals surface area contributed by atoms with Crippen molar-refractivity contribution in [2.45, 2.75) is 64.6 Å². The largest absolute Gasteiger partial charge is 0.444 e. The highest BCUT2D eigenvalue weighted by molar-refractivity contribution is 7.90. The molecule has 2 aromatic heterocycles. The van der Waals surface area contributed by atoms with Crippen LogP contribution in [0.1, 0.15) is 78.3 Å². The first kappa shape index (κ1) is 42.2. The van der Waals surface area contributed by atoms with Crippen LogP contribution in [0, 0.1) is 11.6 Å². The van der Waals surface area contributed by atoms with Gasteiger partial charge in [0.25, 0.3) is 5.91 Å². The van der Waals surface area contributed by atoms with Gasteiger partial charge >= 0.3 is 16.3 Å². The summed E-state index contributed by atoms with van der Waals surface area (Å²) in [6.07, 6.45) is 5.05. The molecule has 12 nitrogen and oxygen atoms in total. The molecule has 0 atom stereocenters. The van der Waals surface area contributed by atoms with E-state index in [0.29, 0.717) is 30.5 Å². The van der Waals surface area contributed by atoms with Crippen molar-refractivity contribution in [3.63, 3.8) is 0 Å². The summed E-state index contributed by atoms with van der Waals surface area (Å²) in [5, 5.41) is 3.12. The summed E-state index contributed by atoms with van der Waals surface area (Å²) < 4.78 is 67.4. The van der Waals surface area contributed by atoms with Gasteiger partial charge in [0.05, 0.1) is 32.4 Å². The fourth-order valence-electron chi connectivity index (χ4n) is 7.30. The zero-order chi connectivity index (χ0) is 42.2. The number of likely N-dealkylation sites (tertiary alicyclic amines) is 1. The van der Waals surface area contributed by atoms with E-state index in [9.17, 15) is 22.8 Å². The second-order valence-corrected chi connectivity index (χ2v) is 18.1. The Hall–Kier alpha value is -4.93. The van der Waals surface area contributed by atoms with Gasteiger partial charge in [0, 0.05) is 62.1 Å². The fraction of sp³-hybridized carbons (Fsp3) is 0.333. The second kappa shape index (κ2) is 17.0. The molecule has 0 bridgehead atoms. The lowest BCUT2D eigenvalue weighted by atomic mass is 9.99. The minimum Gasteiger partial charge on any atom is -0.444 e. The molecule has 5 aromatic rings. The minimum absolute atomic E-state index is 0.00836. The highest BCUT2D eigenvalue weighted by atomic mass is 35.5. The number of pyridine rings is 1. The Balaban J connectivity index is 1.18. The van der Waals surface area contributed by atoms with Crippen LogP contribution in [0.3, 0.4) is 0 Å². The number of amides is 1. The van der Waals surface area contributed by atoms with E-state index in [1.54, 1.807) is 12.1 Å². The van der Waals surface area contributed by atoms with Gasteiger partial charge in [-0.1, -0.05) is 53.5 Å². The van der Waals surface area contributed by atoms with E-state index in [0.717, 1.165) is 58.7 Å². The number of rotatable bonds is 10. The number of benzene rings is 3. The van der Waals surface area contributed by atoms with Gasteiger partial charge < -0.3 is 10.1 Å². The molecule has 2 aliphatic heterocycles. The van der Waals surface area contributed by atoms with Gasteiger partial charge in [-0.05, 0) is 87.9 Å². The average Bonchev–Trinajstić information content (AvgIpc) is 3.86. The number of hydrogen-bond acceptors (Lipinski definition) is 8. The molecular formula is C42H42Cl2F2N6O6S. The summed E-state index contributed by atoms with van der Waals surface area (Å²) in [7, 11) is -4.19. The smallest absolute Gasteiger partial charge is 0.407 e. The van der Waals surface area contributed by atoms with Crippen molar-refractivity contribution in [3.05, 3.63) is 117 Å². The first-order chi connectivity index (χ1) is 28.0. The zero-order valence-corrected chi connectivity index (χ0v) is 34.9. The summed E-state index contributed by atoms with van der Waals surface area (Å²) in [4.78, 5) is 47.4. The van der Waals surface area contributed by atoms with Crippen LogP contribution < -0.4 is 10.0 Å². The summed E-state index contributed by atoms with van der Waals surface area (Å²) in [6.45, 7) is 8.19. The van der Waals surface area contributed by atoms with Crippen LogP contribution in [-0.4, -0.2) is 82.8 Å². The summed E-state index contributed by atoms with van der Waals surface area (Å²) >= 11 is 12.8. The molecule has 2 saturated heterocycles. The third-order valence-electron chi connectivity index (χ3n) is 10.2. The number of anilines is 1. The fourth-order valence-corrected chi connectivity index (χ4v) is 9.16. The van der Waals surface area contributed by atoms with Crippen LogP contribution in [0.25, 0.3) is 22.2 Å². The van der Waals surface area contributed by atoms with Crippen LogP contribution in [0.15, 0.2) is 73.1 Å². The quantitative estimate of drug-likeness (QED) is 0.133. The first-order valence-corrected chi connectivity index (χ1v) is 21.3. The molecule has 0 saturated carbocycles. The van der Waals surface area contributed by atoms with Crippen molar-refractivity contribution in [2.75, 3.05) is 30.9 Å². The number of carbonyl (C=O) groups is 3. The van der Waals surface area contributed by atoms with Gasteiger partial charge in [-0.15, -0.1) is 0 Å². The number of alkyl carbamates (subject to hydrolysis) is 1. The average molecular weight is 868 g/mol. The van der Waals surface area contributed by atoms with E-state index in [1.165, 1.54) is 18.3 Å². The number of halogens is 4. The lowest BCUT2D eigenvalue weighted by Gasteiger charge is -2.32. The van der Waals surface area contributed by atoms with Gasteiger partial charge in [-0.2, -0.15) is 12.7 Å². The van der Waals surface area contributed by atoms with E-state index >= 15 is 8.78 Å². The molecule has 4 heterocycles. The van der Waals surface area contributed by atoms with E-state index in [1.807, 2.05) is 45.0 Å². The number of carbonyl (C=O) groups excluding carboxylic acids is 3. The Kier molecular flexibility index (Phi) is 12.1. The van der Waals surface area contributed by atoms with Crippen LogP contribution in [0.2, 0.25) is 10.0 Å². The van der Waals surface area contributed by atoms with Gasteiger partial charge in [0.1, 0.15) is 17.1 Å². The predicted molar refractivity (Wildman–Crippen MR) is 222 cm³/mol. The first-order valence-electron chi connectivity index (χ1n) is 19.1. The Bertz CT molecular complexity index is 2530. The maximum absolute atomic E-state index is 16.1. The number of ketones is 1. The lowest BCUT2D eigenvalue weighted by Crippen LogP contribution is -2.45.